The lowest BCUT2D eigenvalue weighted by Gasteiger charge is -2.41. The van der Waals surface area contributed by atoms with Crippen LogP contribution < -0.4 is 5.32 Å². The van der Waals surface area contributed by atoms with Gasteiger partial charge in [-0.3, -0.25) is 9.69 Å². The summed E-state index contributed by atoms with van der Waals surface area (Å²) in [4.78, 5) is 14.7. The molecular weight excluding hydrogens is 256 g/mol. The molecule has 1 heterocycles. The Kier molecular flexibility index (Phi) is 6.92. The first kappa shape index (κ1) is 17.4. The Balaban J connectivity index is 2.74. The topological polar surface area (TPSA) is 61.8 Å². The molecule has 0 radical (unpaired) electrons. The molecule has 2 N–H and O–H groups in total. The fraction of sp³-hybridized carbons (Fsp3) is 0.933. The summed E-state index contributed by atoms with van der Waals surface area (Å²) >= 11 is 0. The number of nitrogens with one attached hydrogen (secondary N) is 1. The van der Waals surface area contributed by atoms with Gasteiger partial charge in [-0.2, -0.15) is 0 Å². The van der Waals surface area contributed by atoms with Gasteiger partial charge in [0, 0.05) is 13.1 Å². The summed E-state index contributed by atoms with van der Waals surface area (Å²) in [7, 11) is 0. The maximum absolute atomic E-state index is 12.5. The second-order valence-electron chi connectivity index (χ2n) is 6.20. The zero-order chi connectivity index (χ0) is 15.3. The molecule has 20 heavy (non-hydrogen) atoms. The smallest absolute Gasteiger partial charge is 0.237 e. The van der Waals surface area contributed by atoms with Gasteiger partial charge in [0.2, 0.25) is 5.91 Å². The van der Waals surface area contributed by atoms with Crippen LogP contribution in [-0.4, -0.2) is 59.9 Å². The maximum Gasteiger partial charge on any atom is 0.237 e. The van der Waals surface area contributed by atoms with Crippen LogP contribution in [0.1, 0.15) is 41.0 Å². The molecule has 118 valence electrons. The summed E-state index contributed by atoms with van der Waals surface area (Å²) in [6.07, 6.45) is 1.03. The summed E-state index contributed by atoms with van der Waals surface area (Å²) in [6.45, 7) is 11.7. The third-order valence-corrected chi connectivity index (χ3v) is 3.80. The molecule has 0 aromatic carbocycles. The molecule has 0 bridgehead atoms. The first-order valence-corrected chi connectivity index (χ1v) is 7.69. The minimum Gasteiger partial charge on any atom is -0.394 e. The van der Waals surface area contributed by atoms with E-state index in [1.54, 1.807) is 0 Å². The molecule has 4 atom stereocenters. The first-order chi connectivity index (χ1) is 9.38. The summed E-state index contributed by atoms with van der Waals surface area (Å²) in [5.74, 6) is 0.242. The fourth-order valence-corrected chi connectivity index (χ4v) is 2.90. The molecule has 1 aliphatic heterocycles. The van der Waals surface area contributed by atoms with Gasteiger partial charge in [-0.05, 0) is 26.2 Å². The quantitative estimate of drug-likeness (QED) is 0.765. The van der Waals surface area contributed by atoms with Crippen LogP contribution in [0.15, 0.2) is 0 Å². The van der Waals surface area contributed by atoms with E-state index in [4.69, 9.17) is 4.74 Å². The summed E-state index contributed by atoms with van der Waals surface area (Å²) in [5.41, 5.74) is 0. The van der Waals surface area contributed by atoms with Gasteiger partial charge >= 0.3 is 0 Å². The number of carbonyl (C=O) groups excluding carboxylic acids is 1. The van der Waals surface area contributed by atoms with Crippen molar-refractivity contribution in [3.63, 3.8) is 0 Å². The molecule has 1 rings (SSSR count). The molecule has 1 fully saturated rings. The molecule has 0 saturated carbocycles. The molecule has 5 nitrogen and oxygen atoms in total. The zero-order valence-electron chi connectivity index (χ0n) is 13.4. The van der Waals surface area contributed by atoms with Crippen LogP contribution in [0.4, 0.5) is 0 Å². The van der Waals surface area contributed by atoms with E-state index >= 15 is 0 Å². The van der Waals surface area contributed by atoms with E-state index in [9.17, 15) is 9.90 Å². The molecule has 1 amide bonds. The van der Waals surface area contributed by atoms with Crippen LogP contribution in [0.3, 0.4) is 0 Å². The Bertz CT molecular complexity index is 295. The van der Waals surface area contributed by atoms with Gasteiger partial charge < -0.3 is 15.2 Å². The number of aliphatic hydroxyl groups is 1. The van der Waals surface area contributed by atoms with Crippen molar-refractivity contribution in [1.29, 1.82) is 0 Å². The number of ether oxygens (including phenoxy) is 1. The molecule has 5 heteroatoms. The van der Waals surface area contributed by atoms with Gasteiger partial charge in [-0.1, -0.05) is 20.8 Å². The highest BCUT2D eigenvalue weighted by Gasteiger charge is 2.34. The van der Waals surface area contributed by atoms with Gasteiger partial charge in [0.25, 0.3) is 0 Å². The highest BCUT2D eigenvalue weighted by molar-refractivity contribution is 5.82. The average Bonchev–Trinajstić information content (AvgIpc) is 2.34. The fourth-order valence-electron chi connectivity index (χ4n) is 2.90. The SMILES string of the molecule is CCC(CO)NC(=O)C(C(C)C)N1CC(C)OC(C)C1. The monoisotopic (exact) mass is 286 g/mol. The lowest BCUT2D eigenvalue weighted by atomic mass is 9.99. The predicted octanol–water partition coefficient (Wildman–Crippen LogP) is 1.01. The van der Waals surface area contributed by atoms with Crippen LogP contribution >= 0.6 is 0 Å². The Morgan fingerprint density at radius 2 is 1.90 bits per heavy atom. The second-order valence-corrected chi connectivity index (χ2v) is 6.20. The number of hydrogen-bond acceptors (Lipinski definition) is 4. The van der Waals surface area contributed by atoms with E-state index in [2.05, 4.69) is 24.1 Å². The van der Waals surface area contributed by atoms with Crippen molar-refractivity contribution < 1.29 is 14.6 Å². The van der Waals surface area contributed by atoms with Gasteiger partial charge in [0.1, 0.15) is 0 Å². The van der Waals surface area contributed by atoms with E-state index in [-0.39, 0.29) is 42.7 Å². The molecule has 1 saturated heterocycles. The summed E-state index contributed by atoms with van der Waals surface area (Å²) < 4.78 is 5.74. The van der Waals surface area contributed by atoms with Gasteiger partial charge in [0.15, 0.2) is 0 Å². The van der Waals surface area contributed by atoms with Crippen molar-refractivity contribution in [2.24, 2.45) is 5.92 Å². The van der Waals surface area contributed by atoms with Crippen LogP contribution in [0, 0.1) is 5.92 Å². The molecule has 0 spiro atoms. The molecule has 4 unspecified atom stereocenters. The minimum absolute atomic E-state index is 0.0109. The minimum atomic E-state index is -0.163. The Hall–Kier alpha value is -0.650. The molecular formula is C15H30N2O3. The number of carbonyl (C=O) groups is 1. The van der Waals surface area contributed by atoms with Crippen molar-refractivity contribution in [3.05, 3.63) is 0 Å². The van der Waals surface area contributed by atoms with Crippen LogP contribution in [-0.2, 0) is 9.53 Å². The number of aliphatic hydroxyl groups excluding tert-OH is 1. The molecule has 0 aromatic rings. The lowest BCUT2D eigenvalue weighted by Crippen LogP contribution is -2.58. The standard InChI is InChI=1S/C15H30N2O3/c1-6-13(9-18)16-15(19)14(10(2)3)17-7-11(4)20-12(5)8-17/h10-14,18H,6-9H2,1-5H3,(H,16,19). The third kappa shape index (κ3) is 4.72. The van der Waals surface area contributed by atoms with Crippen molar-refractivity contribution in [3.8, 4) is 0 Å². The molecule has 1 aliphatic rings. The van der Waals surface area contributed by atoms with Crippen molar-refractivity contribution in [1.82, 2.24) is 10.2 Å². The maximum atomic E-state index is 12.5. The molecule has 0 aliphatic carbocycles. The van der Waals surface area contributed by atoms with Gasteiger partial charge in [-0.25, -0.2) is 0 Å². The van der Waals surface area contributed by atoms with Crippen LogP contribution in [0.25, 0.3) is 0 Å². The Labute approximate surface area is 122 Å². The lowest BCUT2D eigenvalue weighted by molar-refractivity contribution is -0.136. The highest BCUT2D eigenvalue weighted by atomic mass is 16.5. The number of morpholine rings is 1. The van der Waals surface area contributed by atoms with E-state index in [1.165, 1.54) is 0 Å². The van der Waals surface area contributed by atoms with Crippen molar-refractivity contribution in [2.45, 2.75) is 65.3 Å². The normalized spacial score (nSPS) is 27.4. The van der Waals surface area contributed by atoms with E-state index < -0.39 is 0 Å². The second kappa shape index (κ2) is 7.96. The van der Waals surface area contributed by atoms with Crippen LogP contribution in [0.5, 0.6) is 0 Å². The largest absolute Gasteiger partial charge is 0.394 e. The number of amides is 1. The van der Waals surface area contributed by atoms with E-state index in [1.807, 2.05) is 20.8 Å². The predicted molar refractivity (Wildman–Crippen MR) is 79.5 cm³/mol. The van der Waals surface area contributed by atoms with E-state index in [0.717, 1.165) is 19.5 Å². The zero-order valence-corrected chi connectivity index (χ0v) is 13.4. The van der Waals surface area contributed by atoms with Crippen molar-refractivity contribution in [2.75, 3.05) is 19.7 Å². The summed E-state index contributed by atoms with van der Waals surface area (Å²) in [6, 6.07) is -0.316. The summed E-state index contributed by atoms with van der Waals surface area (Å²) in [5, 5.41) is 12.2. The highest BCUT2D eigenvalue weighted by Crippen LogP contribution is 2.19. The van der Waals surface area contributed by atoms with E-state index in [0.29, 0.717) is 0 Å². The first-order valence-electron chi connectivity index (χ1n) is 7.69. The Morgan fingerprint density at radius 3 is 2.30 bits per heavy atom. The van der Waals surface area contributed by atoms with Crippen LogP contribution in [0.2, 0.25) is 0 Å². The number of rotatable bonds is 6. The Morgan fingerprint density at radius 1 is 1.35 bits per heavy atom. The van der Waals surface area contributed by atoms with Crippen molar-refractivity contribution >= 4 is 5.91 Å². The molecule has 0 aromatic heterocycles. The number of hydrogen-bond donors (Lipinski definition) is 2. The third-order valence-electron chi connectivity index (χ3n) is 3.80. The number of nitrogens with zero attached hydrogens (tertiary/aromatic N) is 1. The van der Waals surface area contributed by atoms with Gasteiger partial charge in [0.05, 0.1) is 30.9 Å². The average molecular weight is 286 g/mol. The van der Waals surface area contributed by atoms with Gasteiger partial charge in [-0.15, -0.1) is 0 Å².